The molecule has 1 N–H and O–H groups in total. The summed E-state index contributed by atoms with van der Waals surface area (Å²) in [6.07, 6.45) is 12.2. The molecule has 112 valence electrons. The zero-order valence-corrected chi connectivity index (χ0v) is 13.6. The number of rotatable bonds is 4. The number of phenols is 1. The van der Waals surface area contributed by atoms with Gasteiger partial charge in [-0.2, -0.15) is 0 Å². The molecule has 0 fully saturated rings. The predicted molar refractivity (Wildman–Crippen MR) is 90.7 cm³/mol. The summed E-state index contributed by atoms with van der Waals surface area (Å²) in [7, 11) is 0. The molecule has 1 aliphatic rings. The molecule has 0 bridgehead atoms. The van der Waals surface area contributed by atoms with Crippen molar-refractivity contribution in [2.75, 3.05) is 0 Å². The van der Waals surface area contributed by atoms with Crippen LogP contribution in [0.15, 0.2) is 53.6 Å². The van der Waals surface area contributed by atoms with Gasteiger partial charge in [-0.05, 0) is 55.9 Å². The van der Waals surface area contributed by atoms with E-state index < -0.39 is 0 Å². The van der Waals surface area contributed by atoms with Gasteiger partial charge in [-0.25, -0.2) is 0 Å². The van der Waals surface area contributed by atoms with Gasteiger partial charge in [0.2, 0.25) is 0 Å². The maximum absolute atomic E-state index is 9.82. The van der Waals surface area contributed by atoms with Gasteiger partial charge in [-0.3, -0.25) is 0 Å². The normalized spacial score (nSPS) is 15.4. The molecule has 0 spiro atoms. The van der Waals surface area contributed by atoms with Gasteiger partial charge in [0.15, 0.2) is 0 Å². The summed E-state index contributed by atoms with van der Waals surface area (Å²) in [5.41, 5.74) is 5.00. The monoisotopic (exact) mass is 282 g/mol. The fraction of sp³-hybridized carbons (Fsp3) is 0.400. The molecule has 0 saturated heterocycles. The van der Waals surface area contributed by atoms with Crippen LogP contribution in [0.25, 0.3) is 0 Å². The number of aryl methyl sites for hydroxylation is 1. The molecule has 0 radical (unpaired) electrons. The highest BCUT2D eigenvalue weighted by molar-refractivity contribution is 5.48. The lowest BCUT2D eigenvalue weighted by molar-refractivity contribution is 0.461. The Balaban J connectivity index is 2.57. The largest absolute Gasteiger partial charge is 0.508 e. The van der Waals surface area contributed by atoms with Gasteiger partial charge in [0, 0.05) is 5.41 Å². The Morgan fingerprint density at radius 3 is 2.48 bits per heavy atom. The molecule has 0 saturated carbocycles. The number of benzene rings is 1. The van der Waals surface area contributed by atoms with Crippen LogP contribution in [-0.4, -0.2) is 5.11 Å². The van der Waals surface area contributed by atoms with Crippen LogP contribution in [0.2, 0.25) is 0 Å². The van der Waals surface area contributed by atoms with E-state index >= 15 is 0 Å². The van der Waals surface area contributed by atoms with E-state index in [-0.39, 0.29) is 5.41 Å². The van der Waals surface area contributed by atoms with Crippen molar-refractivity contribution in [2.24, 2.45) is 0 Å². The minimum Gasteiger partial charge on any atom is -0.508 e. The molecule has 21 heavy (non-hydrogen) atoms. The Morgan fingerprint density at radius 2 is 1.86 bits per heavy atom. The highest BCUT2D eigenvalue weighted by Crippen LogP contribution is 2.42. The first-order chi connectivity index (χ1) is 10.0. The molecule has 0 aliphatic heterocycles. The summed E-state index contributed by atoms with van der Waals surface area (Å²) in [6, 6.07) is 6.05. The molecule has 1 aliphatic carbocycles. The number of hydrogen-bond acceptors (Lipinski definition) is 1. The van der Waals surface area contributed by atoms with Crippen molar-refractivity contribution in [1.29, 1.82) is 0 Å². The predicted octanol–water partition coefficient (Wildman–Crippen LogP) is 5.59. The summed E-state index contributed by atoms with van der Waals surface area (Å²) in [5, 5.41) is 9.82. The molecule has 1 aromatic carbocycles. The topological polar surface area (TPSA) is 20.2 Å². The fourth-order valence-electron chi connectivity index (χ4n) is 3.32. The van der Waals surface area contributed by atoms with Crippen molar-refractivity contribution in [2.45, 2.75) is 52.4 Å². The Kier molecular flexibility index (Phi) is 4.72. The SMILES string of the molecule is CCC(CC)(C1=CCC=CC(C)=C1)c1ccc(O)c(C)c1. The minimum atomic E-state index is 0.0335. The van der Waals surface area contributed by atoms with E-state index in [0.29, 0.717) is 5.75 Å². The third-order valence-corrected chi connectivity index (χ3v) is 4.75. The lowest BCUT2D eigenvalue weighted by atomic mass is 9.69. The highest BCUT2D eigenvalue weighted by atomic mass is 16.3. The van der Waals surface area contributed by atoms with Crippen LogP contribution in [0.5, 0.6) is 5.75 Å². The maximum Gasteiger partial charge on any atom is 0.118 e. The molecule has 0 aromatic heterocycles. The first kappa shape index (κ1) is 15.6. The molecule has 2 rings (SSSR count). The number of allylic oxidation sites excluding steroid dienone is 6. The Bertz CT molecular complexity index is 598. The van der Waals surface area contributed by atoms with Gasteiger partial charge >= 0.3 is 0 Å². The maximum atomic E-state index is 9.82. The van der Waals surface area contributed by atoms with E-state index in [1.54, 1.807) is 0 Å². The third kappa shape index (κ3) is 2.97. The molecule has 0 heterocycles. The van der Waals surface area contributed by atoms with Gasteiger partial charge in [0.1, 0.15) is 5.75 Å². The molecule has 0 amide bonds. The second kappa shape index (κ2) is 6.34. The standard InChI is InChI=1S/C20H26O/c1-5-20(6-2,17-10-8-7-9-15(3)13-17)18-11-12-19(21)16(4)14-18/h7,9-14,21H,5-6,8H2,1-4H3. The summed E-state index contributed by atoms with van der Waals surface area (Å²) in [6.45, 7) is 8.65. The van der Waals surface area contributed by atoms with Crippen LogP contribution >= 0.6 is 0 Å². The second-order valence-electron chi connectivity index (χ2n) is 5.98. The molecular weight excluding hydrogens is 256 g/mol. The first-order valence-corrected chi connectivity index (χ1v) is 7.89. The summed E-state index contributed by atoms with van der Waals surface area (Å²) in [4.78, 5) is 0. The summed E-state index contributed by atoms with van der Waals surface area (Å²) in [5.74, 6) is 0.378. The number of aromatic hydroxyl groups is 1. The molecular formula is C20H26O. The van der Waals surface area contributed by atoms with Crippen LogP contribution < -0.4 is 0 Å². The van der Waals surface area contributed by atoms with Crippen molar-refractivity contribution in [3.63, 3.8) is 0 Å². The zero-order chi connectivity index (χ0) is 15.5. The Morgan fingerprint density at radius 1 is 1.14 bits per heavy atom. The minimum absolute atomic E-state index is 0.0335. The quantitative estimate of drug-likeness (QED) is 0.763. The average molecular weight is 282 g/mol. The van der Waals surface area contributed by atoms with Crippen molar-refractivity contribution in [3.8, 4) is 5.75 Å². The average Bonchev–Trinajstić information content (AvgIpc) is 2.70. The van der Waals surface area contributed by atoms with Crippen molar-refractivity contribution < 1.29 is 5.11 Å². The fourth-order valence-corrected chi connectivity index (χ4v) is 3.32. The number of hydrogen-bond donors (Lipinski definition) is 1. The summed E-state index contributed by atoms with van der Waals surface area (Å²) >= 11 is 0. The van der Waals surface area contributed by atoms with E-state index in [4.69, 9.17) is 0 Å². The zero-order valence-electron chi connectivity index (χ0n) is 13.6. The molecule has 0 unspecified atom stereocenters. The Labute approximate surface area is 128 Å². The van der Waals surface area contributed by atoms with Crippen LogP contribution in [0, 0.1) is 6.92 Å². The number of phenolic OH excluding ortho intramolecular Hbond substituents is 1. The lowest BCUT2D eigenvalue weighted by Gasteiger charge is -2.35. The van der Waals surface area contributed by atoms with E-state index in [2.05, 4.69) is 57.2 Å². The smallest absolute Gasteiger partial charge is 0.118 e. The Hall–Kier alpha value is -1.76. The van der Waals surface area contributed by atoms with Crippen molar-refractivity contribution in [3.05, 3.63) is 64.8 Å². The first-order valence-electron chi connectivity index (χ1n) is 7.89. The highest BCUT2D eigenvalue weighted by Gasteiger charge is 2.32. The van der Waals surface area contributed by atoms with Gasteiger partial charge in [-0.15, -0.1) is 0 Å². The second-order valence-corrected chi connectivity index (χ2v) is 5.98. The van der Waals surface area contributed by atoms with Gasteiger partial charge in [-0.1, -0.05) is 55.9 Å². The van der Waals surface area contributed by atoms with Gasteiger partial charge in [0.05, 0.1) is 0 Å². The van der Waals surface area contributed by atoms with Crippen LogP contribution in [0.4, 0.5) is 0 Å². The molecule has 1 heteroatoms. The van der Waals surface area contributed by atoms with E-state index in [1.165, 1.54) is 16.7 Å². The van der Waals surface area contributed by atoms with Crippen LogP contribution in [-0.2, 0) is 5.41 Å². The van der Waals surface area contributed by atoms with Crippen molar-refractivity contribution in [1.82, 2.24) is 0 Å². The summed E-state index contributed by atoms with van der Waals surface area (Å²) < 4.78 is 0. The van der Waals surface area contributed by atoms with E-state index in [9.17, 15) is 5.11 Å². The van der Waals surface area contributed by atoms with E-state index in [1.807, 2.05) is 13.0 Å². The molecule has 1 aromatic rings. The van der Waals surface area contributed by atoms with Gasteiger partial charge < -0.3 is 5.11 Å². The van der Waals surface area contributed by atoms with Gasteiger partial charge in [0.25, 0.3) is 0 Å². The van der Waals surface area contributed by atoms with E-state index in [0.717, 1.165) is 24.8 Å². The molecule has 1 nitrogen and oxygen atoms in total. The van der Waals surface area contributed by atoms with Crippen LogP contribution in [0.3, 0.4) is 0 Å². The molecule has 0 atom stereocenters. The third-order valence-electron chi connectivity index (χ3n) is 4.75. The van der Waals surface area contributed by atoms with Crippen LogP contribution in [0.1, 0.15) is 51.2 Å². The lowest BCUT2D eigenvalue weighted by Crippen LogP contribution is -2.26. The van der Waals surface area contributed by atoms with Crippen molar-refractivity contribution >= 4 is 0 Å².